The number of aromatic nitrogens is 1. The van der Waals surface area contributed by atoms with E-state index in [4.69, 9.17) is 0 Å². The molecule has 23 heavy (non-hydrogen) atoms. The summed E-state index contributed by atoms with van der Waals surface area (Å²) >= 11 is 0. The highest BCUT2D eigenvalue weighted by Crippen LogP contribution is 2.20. The Bertz CT molecular complexity index is 485. The van der Waals surface area contributed by atoms with Gasteiger partial charge in [-0.25, -0.2) is 4.79 Å². The number of nitrogens with zero attached hydrogens (tertiary/aromatic N) is 3. The van der Waals surface area contributed by atoms with Gasteiger partial charge in [0.2, 0.25) is 0 Å². The van der Waals surface area contributed by atoms with Gasteiger partial charge in [0.15, 0.2) is 0 Å². The summed E-state index contributed by atoms with van der Waals surface area (Å²) < 4.78 is 0. The fourth-order valence-corrected chi connectivity index (χ4v) is 2.93. The predicted octanol–water partition coefficient (Wildman–Crippen LogP) is 2.90. The highest BCUT2D eigenvalue weighted by Gasteiger charge is 2.25. The van der Waals surface area contributed by atoms with E-state index in [-0.39, 0.29) is 12.1 Å². The van der Waals surface area contributed by atoms with Crippen molar-refractivity contribution < 1.29 is 4.79 Å². The van der Waals surface area contributed by atoms with Gasteiger partial charge in [0.1, 0.15) is 0 Å². The Labute approximate surface area is 140 Å². The molecule has 5 nitrogen and oxygen atoms in total. The Kier molecular flexibility index (Phi) is 6.39. The first-order valence-electron chi connectivity index (χ1n) is 8.72. The van der Waals surface area contributed by atoms with Crippen molar-refractivity contribution >= 4 is 6.03 Å². The van der Waals surface area contributed by atoms with Crippen LogP contribution >= 0.6 is 0 Å². The van der Waals surface area contributed by atoms with Crippen LogP contribution in [0.15, 0.2) is 24.5 Å². The molecule has 1 saturated heterocycles. The van der Waals surface area contributed by atoms with Crippen molar-refractivity contribution in [2.45, 2.75) is 46.2 Å². The summed E-state index contributed by atoms with van der Waals surface area (Å²) in [7, 11) is 0. The van der Waals surface area contributed by atoms with Gasteiger partial charge in [-0.1, -0.05) is 26.3 Å². The fourth-order valence-electron chi connectivity index (χ4n) is 2.93. The van der Waals surface area contributed by atoms with E-state index in [0.717, 1.165) is 32.6 Å². The molecule has 0 bridgehead atoms. The number of nitrogens with one attached hydrogen (secondary N) is 1. The molecule has 0 aliphatic carbocycles. The van der Waals surface area contributed by atoms with Gasteiger partial charge in [-0.15, -0.1) is 0 Å². The maximum absolute atomic E-state index is 12.4. The van der Waals surface area contributed by atoms with Crippen molar-refractivity contribution in [2.24, 2.45) is 5.92 Å². The Balaban J connectivity index is 1.82. The van der Waals surface area contributed by atoms with E-state index >= 15 is 0 Å². The van der Waals surface area contributed by atoms with Crippen LogP contribution in [-0.2, 0) is 0 Å². The Morgan fingerprint density at radius 2 is 1.96 bits per heavy atom. The van der Waals surface area contributed by atoms with Gasteiger partial charge in [-0.3, -0.25) is 9.88 Å². The first-order chi connectivity index (χ1) is 11.0. The number of piperazine rings is 1. The molecule has 2 rings (SSSR count). The largest absolute Gasteiger partial charge is 0.335 e. The maximum atomic E-state index is 12.4. The lowest BCUT2D eigenvalue weighted by atomic mass is 10.0. The molecule has 2 amide bonds. The van der Waals surface area contributed by atoms with Crippen LogP contribution in [0.4, 0.5) is 4.79 Å². The molecule has 1 N–H and O–H groups in total. The van der Waals surface area contributed by atoms with Gasteiger partial charge in [0.25, 0.3) is 0 Å². The first-order valence-corrected chi connectivity index (χ1v) is 8.72. The highest BCUT2D eigenvalue weighted by molar-refractivity contribution is 5.74. The van der Waals surface area contributed by atoms with Gasteiger partial charge in [0.05, 0.1) is 0 Å². The monoisotopic (exact) mass is 318 g/mol. The number of rotatable bonds is 5. The molecule has 1 fully saturated rings. The van der Waals surface area contributed by atoms with Gasteiger partial charge >= 0.3 is 6.03 Å². The van der Waals surface area contributed by atoms with Crippen molar-refractivity contribution in [2.75, 3.05) is 26.2 Å². The molecule has 1 aliphatic rings. The smallest absolute Gasteiger partial charge is 0.317 e. The molecule has 0 spiro atoms. The lowest BCUT2D eigenvalue weighted by Crippen LogP contribution is -2.54. The summed E-state index contributed by atoms with van der Waals surface area (Å²) in [4.78, 5) is 20.9. The fraction of sp³-hybridized carbons (Fsp3) is 0.667. The minimum Gasteiger partial charge on any atom is -0.335 e. The van der Waals surface area contributed by atoms with E-state index in [9.17, 15) is 4.79 Å². The van der Waals surface area contributed by atoms with Crippen LogP contribution in [0, 0.1) is 5.92 Å². The second-order valence-corrected chi connectivity index (χ2v) is 6.61. The summed E-state index contributed by atoms with van der Waals surface area (Å²) in [6.45, 7) is 12.0. The number of pyridine rings is 1. The molecule has 1 aromatic rings. The predicted molar refractivity (Wildman–Crippen MR) is 93.2 cm³/mol. The van der Waals surface area contributed by atoms with E-state index in [1.54, 1.807) is 6.20 Å². The molecule has 5 heteroatoms. The van der Waals surface area contributed by atoms with E-state index in [1.165, 1.54) is 5.56 Å². The van der Waals surface area contributed by atoms with E-state index in [2.05, 4.69) is 49.0 Å². The maximum Gasteiger partial charge on any atom is 0.317 e. The molecule has 3 atom stereocenters. The minimum absolute atomic E-state index is 0.0754. The first kappa shape index (κ1) is 17.7. The minimum atomic E-state index is 0.0754. The zero-order valence-electron chi connectivity index (χ0n) is 14.8. The average Bonchev–Trinajstić information content (AvgIpc) is 2.61. The zero-order valence-corrected chi connectivity index (χ0v) is 14.8. The van der Waals surface area contributed by atoms with Crippen LogP contribution in [0.1, 0.15) is 45.7 Å². The zero-order chi connectivity index (χ0) is 16.8. The quantitative estimate of drug-likeness (QED) is 0.908. The summed E-state index contributed by atoms with van der Waals surface area (Å²) in [5.41, 5.74) is 1.23. The van der Waals surface area contributed by atoms with E-state index in [0.29, 0.717) is 12.0 Å². The number of hydrogen-bond donors (Lipinski definition) is 1. The molecular formula is C18H30N4O. The van der Waals surface area contributed by atoms with Crippen LogP contribution in [0.2, 0.25) is 0 Å². The van der Waals surface area contributed by atoms with Gasteiger partial charge in [-0.05, 0) is 31.4 Å². The third-order valence-electron chi connectivity index (χ3n) is 5.16. The SMILES string of the molecule is CC[C@H](C)[C@@H](C)NC(=O)N1CCN([C@H](C)c2cccnc2)CC1. The van der Waals surface area contributed by atoms with Crippen LogP contribution in [0.3, 0.4) is 0 Å². The van der Waals surface area contributed by atoms with Crippen molar-refractivity contribution in [3.8, 4) is 0 Å². The molecular weight excluding hydrogens is 288 g/mol. The second kappa shape index (κ2) is 8.29. The lowest BCUT2D eigenvalue weighted by Gasteiger charge is -2.38. The van der Waals surface area contributed by atoms with Crippen LogP contribution in [0.25, 0.3) is 0 Å². The summed E-state index contributed by atoms with van der Waals surface area (Å²) in [5.74, 6) is 0.505. The number of carbonyl (C=O) groups is 1. The Morgan fingerprint density at radius 1 is 1.26 bits per heavy atom. The second-order valence-electron chi connectivity index (χ2n) is 6.61. The molecule has 0 saturated carbocycles. The normalized spacial score (nSPS) is 19.9. The van der Waals surface area contributed by atoms with Gasteiger partial charge in [-0.2, -0.15) is 0 Å². The molecule has 0 unspecified atom stereocenters. The molecule has 0 radical (unpaired) electrons. The topological polar surface area (TPSA) is 48.5 Å². The molecule has 1 aromatic heterocycles. The number of urea groups is 1. The number of amides is 2. The average molecular weight is 318 g/mol. The van der Waals surface area contributed by atoms with Crippen LogP contribution in [-0.4, -0.2) is 53.0 Å². The van der Waals surface area contributed by atoms with Gasteiger partial charge in [0, 0.05) is 50.7 Å². The van der Waals surface area contributed by atoms with Crippen molar-refractivity contribution in [1.82, 2.24) is 20.1 Å². The molecule has 2 heterocycles. The Morgan fingerprint density at radius 3 is 2.52 bits per heavy atom. The van der Waals surface area contributed by atoms with E-state index < -0.39 is 0 Å². The molecule has 128 valence electrons. The van der Waals surface area contributed by atoms with Crippen molar-refractivity contribution in [1.29, 1.82) is 0 Å². The van der Waals surface area contributed by atoms with Crippen molar-refractivity contribution in [3.05, 3.63) is 30.1 Å². The summed E-state index contributed by atoms with van der Waals surface area (Å²) in [5, 5.41) is 3.13. The number of hydrogen-bond acceptors (Lipinski definition) is 3. The van der Waals surface area contributed by atoms with E-state index in [1.807, 2.05) is 17.2 Å². The molecule has 1 aliphatic heterocycles. The summed E-state index contributed by atoms with van der Waals surface area (Å²) in [6, 6.07) is 4.73. The number of carbonyl (C=O) groups excluding carboxylic acids is 1. The van der Waals surface area contributed by atoms with Crippen LogP contribution < -0.4 is 5.32 Å². The highest BCUT2D eigenvalue weighted by atomic mass is 16.2. The summed E-state index contributed by atoms with van der Waals surface area (Å²) in [6.07, 6.45) is 4.81. The standard InChI is InChI=1S/C18H30N4O/c1-5-14(2)15(3)20-18(23)22-11-9-21(10-12-22)16(4)17-7-6-8-19-13-17/h6-8,13-16H,5,9-12H2,1-4H3,(H,20,23)/t14-,15+,16+/m0/s1. The Hall–Kier alpha value is -1.62. The van der Waals surface area contributed by atoms with Crippen molar-refractivity contribution in [3.63, 3.8) is 0 Å². The third-order valence-corrected chi connectivity index (χ3v) is 5.16. The van der Waals surface area contributed by atoms with Gasteiger partial charge < -0.3 is 10.2 Å². The van der Waals surface area contributed by atoms with Crippen LogP contribution in [0.5, 0.6) is 0 Å². The third kappa shape index (κ3) is 4.67. The molecule has 0 aromatic carbocycles. The lowest BCUT2D eigenvalue weighted by molar-refractivity contribution is 0.111.